The molecule has 0 heterocycles. The molecule has 0 aromatic carbocycles. The summed E-state index contributed by atoms with van der Waals surface area (Å²) in [7, 11) is 0. The normalized spacial score (nSPS) is 4.38. The van der Waals surface area contributed by atoms with Crippen molar-refractivity contribution in [2.24, 2.45) is 0 Å². The van der Waals surface area contributed by atoms with Gasteiger partial charge in [-0.25, -0.2) is 39.2 Å². The SMILES string of the molecule is C=CCO.C=C[CH2-].C=C[CH2-].[O]=[V]=[O]. The minimum absolute atomic E-state index is 0.0833. The number of hydrogen-bond donors (Lipinski definition) is 1. The Hall–Kier alpha value is -0.896. The molecule has 0 radical (unpaired) electrons. The van der Waals surface area contributed by atoms with Gasteiger partial charge in [0.2, 0.25) is 0 Å². The minimum atomic E-state index is -1.81. The Balaban J connectivity index is -0.0000000420. The second kappa shape index (κ2) is 67.3. The molecule has 4 heteroatoms. The molecule has 0 rings (SSSR count). The van der Waals surface area contributed by atoms with Crippen LogP contribution < -0.4 is 0 Å². The summed E-state index contributed by atoms with van der Waals surface area (Å²) in [5.41, 5.74) is 0. The molecule has 0 atom stereocenters. The number of hydrogen-bond acceptors (Lipinski definition) is 3. The molecule has 0 spiro atoms. The van der Waals surface area contributed by atoms with Crippen LogP contribution >= 0.6 is 0 Å². The van der Waals surface area contributed by atoms with E-state index in [0.29, 0.717) is 0 Å². The van der Waals surface area contributed by atoms with Crippen molar-refractivity contribution in [3.63, 3.8) is 0 Å². The first-order valence-electron chi connectivity index (χ1n) is 3.13. The van der Waals surface area contributed by atoms with E-state index < -0.39 is 16.2 Å². The molecule has 0 aromatic heterocycles. The van der Waals surface area contributed by atoms with E-state index >= 15 is 0 Å². The molecule has 0 amide bonds. The van der Waals surface area contributed by atoms with Crippen LogP contribution in [0.2, 0.25) is 0 Å². The first-order chi connectivity index (χ1) is 6.16. The van der Waals surface area contributed by atoms with Crippen molar-refractivity contribution in [2.75, 3.05) is 6.61 Å². The van der Waals surface area contributed by atoms with E-state index in [-0.39, 0.29) is 6.61 Å². The fourth-order valence-electron chi connectivity index (χ4n) is 0. The predicted molar refractivity (Wildman–Crippen MR) is 49.8 cm³/mol. The van der Waals surface area contributed by atoms with Crippen molar-refractivity contribution in [1.82, 2.24) is 0 Å². The molecule has 0 fully saturated rings. The van der Waals surface area contributed by atoms with Gasteiger partial charge in [-0.2, -0.15) is 0 Å². The molecule has 3 nitrogen and oxygen atoms in total. The molecule has 1 N–H and O–H groups in total. The van der Waals surface area contributed by atoms with Crippen LogP contribution in [0.5, 0.6) is 0 Å². The topological polar surface area (TPSA) is 54.4 Å². The van der Waals surface area contributed by atoms with Crippen molar-refractivity contribution in [3.8, 4) is 0 Å². The third-order valence-corrected chi connectivity index (χ3v) is 0.129. The molecule has 0 aromatic rings. The molecular weight excluding hydrogens is 207 g/mol. The van der Waals surface area contributed by atoms with Gasteiger partial charge in [0.1, 0.15) is 0 Å². The monoisotopic (exact) mass is 223 g/mol. The van der Waals surface area contributed by atoms with Gasteiger partial charge in [0.05, 0.1) is 6.61 Å². The van der Waals surface area contributed by atoms with Crippen LogP contribution in [0, 0.1) is 13.8 Å². The standard InChI is InChI=1S/C3H6O.2C3H5.2O.V/c1-2-3-4;2*1-3-2;;;/h2,4H,1,3H2;2*3H,1-2H2;;;/q;2*-1;;;. The fourth-order valence-corrected chi connectivity index (χ4v) is 0. The Morgan fingerprint density at radius 3 is 1.23 bits per heavy atom. The van der Waals surface area contributed by atoms with Crippen LogP contribution in [0.25, 0.3) is 0 Å². The Bertz CT molecular complexity index is 121. The first kappa shape index (κ1) is 22.7. The van der Waals surface area contributed by atoms with Gasteiger partial charge in [0, 0.05) is 0 Å². The summed E-state index contributed by atoms with van der Waals surface area (Å²) in [5, 5.41) is 7.76. The number of allylic oxidation sites excluding steroid dienone is 2. The molecule has 0 bridgehead atoms. The second-order valence-electron chi connectivity index (χ2n) is 1.12. The van der Waals surface area contributed by atoms with E-state index in [1.807, 2.05) is 0 Å². The van der Waals surface area contributed by atoms with Gasteiger partial charge in [0.25, 0.3) is 0 Å². The quantitative estimate of drug-likeness (QED) is 0.546. The molecule has 13 heavy (non-hydrogen) atoms. The molecule has 0 aliphatic heterocycles. The van der Waals surface area contributed by atoms with Gasteiger partial charge in [-0.1, -0.05) is 6.08 Å². The van der Waals surface area contributed by atoms with Gasteiger partial charge < -0.3 is 5.11 Å². The summed E-state index contributed by atoms with van der Waals surface area (Å²) in [6.45, 7) is 16.3. The molecule has 0 aliphatic carbocycles. The van der Waals surface area contributed by atoms with Crippen molar-refractivity contribution in [2.45, 2.75) is 0 Å². The molecule has 0 saturated heterocycles. The number of aliphatic hydroxyl groups excluding tert-OH is 1. The average Bonchev–Trinajstić information content (AvgIpc) is 2.08. The Labute approximate surface area is 87.4 Å². The maximum absolute atomic E-state index is 8.47. The summed E-state index contributed by atoms with van der Waals surface area (Å²) < 4.78 is 16.9. The van der Waals surface area contributed by atoms with Crippen LogP contribution in [0.4, 0.5) is 0 Å². The zero-order valence-corrected chi connectivity index (χ0v) is 9.08. The van der Waals surface area contributed by atoms with Gasteiger partial charge in [-0.05, 0) is 0 Å². The van der Waals surface area contributed by atoms with Crippen LogP contribution in [0.1, 0.15) is 0 Å². The van der Waals surface area contributed by atoms with Crippen LogP contribution in [0.15, 0.2) is 38.0 Å². The van der Waals surface area contributed by atoms with Gasteiger partial charge in [-0.15, -0.1) is 6.58 Å². The molecule has 77 valence electrons. The van der Waals surface area contributed by atoms with E-state index in [2.05, 4.69) is 33.6 Å². The third kappa shape index (κ3) is 84400. The summed E-state index contributed by atoms with van der Waals surface area (Å²) in [6.07, 6.45) is 4.43. The van der Waals surface area contributed by atoms with Crippen LogP contribution in [-0.2, 0) is 23.5 Å². The zero-order valence-electron chi connectivity index (χ0n) is 7.69. The van der Waals surface area contributed by atoms with Gasteiger partial charge in [-0.3, -0.25) is 0 Å². The molecule has 0 saturated carbocycles. The summed E-state index contributed by atoms with van der Waals surface area (Å²) in [5.74, 6) is 0. The Morgan fingerprint density at radius 1 is 1.15 bits per heavy atom. The van der Waals surface area contributed by atoms with Crippen molar-refractivity contribution < 1.29 is 28.6 Å². The summed E-state index contributed by atoms with van der Waals surface area (Å²) in [4.78, 5) is 0. The van der Waals surface area contributed by atoms with E-state index in [9.17, 15) is 0 Å². The van der Waals surface area contributed by atoms with Gasteiger partial charge in [0.15, 0.2) is 0 Å². The summed E-state index contributed by atoms with van der Waals surface area (Å²) >= 11 is -1.81. The summed E-state index contributed by atoms with van der Waals surface area (Å²) in [6, 6.07) is 0. The number of rotatable bonds is 1. The van der Waals surface area contributed by atoms with Crippen LogP contribution in [-0.4, -0.2) is 11.7 Å². The fraction of sp³-hybridized carbons (Fsp3) is 0.111. The van der Waals surface area contributed by atoms with Gasteiger partial charge >= 0.3 is 23.5 Å². The first-order valence-corrected chi connectivity index (χ1v) is 4.27. The molecule has 0 unspecified atom stereocenters. The van der Waals surface area contributed by atoms with Crippen molar-refractivity contribution >= 4 is 0 Å². The van der Waals surface area contributed by atoms with E-state index in [1.165, 1.54) is 18.2 Å². The third-order valence-electron chi connectivity index (χ3n) is 0.129. The molecular formula is C9H16O3V-2. The van der Waals surface area contributed by atoms with E-state index in [4.69, 9.17) is 12.5 Å². The number of aliphatic hydroxyl groups is 1. The Kier molecular flexibility index (Phi) is 118. The molecule has 0 aliphatic rings. The zero-order chi connectivity index (χ0) is 11.5. The van der Waals surface area contributed by atoms with E-state index in [0.717, 1.165) is 0 Å². The Morgan fingerprint density at radius 2 is 1.23 bits per heavy atom. The van der Waals surface area contributed by atoms with Crippen molar-refractivity contribution in [1.29, 1.82) is 0 Å². The van der Waals surface area contributed by atoms with E-state index in [1.54, 1.807) is 0 Å². The maximum atomic E-state index is 8.47. The van der Waals surface area contributed by atoms with Crippen molar-refractivity contribution in [3.05, 3.63) is 51.8 Å². The second-order valence-corrected chi connectivity index (χ2v) is 1.36. The predicted octanol–water partition coefficient (Wildman–Crippen LogP) is 1.94. The average molecular weight is 223 g/mol. The van der Waals surface area contributed by atoms with Crippen LogP contribution in [0.3, 0.4) is 0 Å².